The average Bonchev–Trinajstić information content (AvgIpc) is 3.30. The molecular weight excluding hydrogens is 398 g/mol. The van der Waals surface area contributed by atoms with Crippen LogP contribution in [0, 0.1) is 0 Å². The van der Waals surface area contributed by atoms with Crippen LogP contribution in [0.2, 0.25) is 5.02 Å². The highest BCUT2D eigenvalue weighted by Gasteiger charge is 2.48. The van der Waals surface area contributed by atoms with Gasteiger partial charge in [-0.1, -0.05) is 29.8 Å². The smallest absolute Gasteiger partial charge is 0.300 e. The van der Waals surface area contributed by atoms with Crippen molar-refractivity contribution in [3.05, 3.63) is 87.1 Å². The minimum Gasteiger partial charge on any atom is -0.507 e. The quantitative estimate of drug-likeness (QED) is 0.371. The lowest BCUT2D eigenvalue weighted by molar-refractivity contribution is -0.132. The number of nitrogens with zero attached hydrogens (tertiary/aromatic N) is 1. The number of halogens is 1. The summed E-state index contributed by atoms with van der Waals surface area (Å²) in [5, 5.41) is 23.5. The van der Waals surface area contributed by atoms with E-state index in [4.69, 9.17) is 11.6 Å². The molecule has 1 aromatic heterocycles. The molecule has 1 aliphatic rings. The van der Waals surface area contributed by atoms with Crippen molar-refractivity contribution < 1.29 is 19.8 Å². The van der Waals surface area contributed by atoms with Crippen molar-refractivity contribution >= 4 is 46.1 Å². The molecule has 5 nitrogen and oxygen atoms in total. The van der Waals surface area contributed by atoms with Gasteiger partial charge in [0.2, 0.25) is 0 Å². The molecule has 140 valence electrons. The summed E-state index contributed by atoms with van der Waals surface area (Å²) < 4.78 is 0. The predicted octanol–water partition coefficient (Wildman–Crippen LogP) is 4.73. The van der Waals surface area contributed by atoms with Crippen LogP contribution in [0.5, 0.6) is 5.75 Å². The van der Waals surface area contributed by atoms with Crippen LogP contribution in [0.25, 0.3) is 5.76 Å². The number of hydrogen-bond acceptors (Lipinski definition) is 5. The molecule has 3 aromatic rings. The Morgan fingerprint density at radius 3 is 2.36 bits per heavy atom. The van der Waals surface area contributed by atoms with Crippen molar-refractivity contribution in [2.75, 3.05) is 4.90 Å². The van der Waals surface area contributed by atoms with Gasteiger partial charge in [0.25, 0.3) is 11.7 Å². The van der Waals surface area contributed by atoms with Crippen LogP contribution in [0.1, 0.15) is 16.5 Å². The van der Waals surface area contributed by atoms with Crippen molar-refractivity contribution in [2.24, 2.45) is 0 Å². The minimum absolute atomic E-state index is 0.0296. The highest BCUT2D eigenvalue weighted by molar-refractivity contribution is 7.10. The maximum atomic E-state index is 12.9. The molecule has 0 radical (unpaired) electrons. The zero-order chi connectivity index (χ0) is 19.8. The van der Waals surface area contributed by atoms with Crippen LogP contribution < -0.4 is 4.90 Å². The SMILES string of the molecule is O=C1C(=O)N(c2ccccc2O)C(c2cccs2)/C1=C(/O)c1ccc(Cl)cc1. The predicted molar refractivity (Wildman–Crippen MR) is 109 cm³/mol. The van der Waals surface area contributed by atoms with E-state index in [1.165, 1.54) is 22.3 Å². The number of aromatic hydroxyl groups is 1. The number of aliphatic hydroxyl groups excluding tert-OH is 1. The van der Waals surface area contributed by atoms with Gasteiger partial charge >= 0.3 is 0 Å². The van der Waals surface area contributed by atoms with Crippen LogP contribution in [0.4, 0.5) is 5.69 Å². The molecule has 1 unspecified atom stereocenters. The third-order valence-electron chi connectivity index (χ3n) is 4.52. The Morgan fingerprint density at radius 2 is 1.71 bits per heavy atom. The Kier molecular flexibility index (Phi) is 4.66. The number of Topliss-reactive ketones (excluding diaryl/α,β-unsaturated/α-hetero) is 1. The van der Waals surface area contributed by atoms with Crippen LogP contribution in [-0.2, 0) is 9.59 Å². The Balaban J connectivity index is 1.94. The van der Waals surface area contributed by atoms with Crippen molar-refractivity contribution in [1.29, 1.82) is 0 Å². The number of benzene rings is 2. The Labute approximate surface area is 169 Å². The molecule has 28 heavy (non-hydrogen) atoms. The van der Waals surface area contributed by atoms with Crippen LogP contribution in [0.3, 0.4) is 0 Å². The van der Waals surface area contributed by atoms with E-state index in [2.05, 4.69) is 0 Å². The summed E-state index contributed by atoms with van der Waals surface area (Å²) >= 11 is 7.26. The number of amides is 1. The molecule has 0 saturated carbocycles. The maximum Gasteiger partial charge on any atom is 0.300 e. The van der Waals surface area contributed by atoms with E-state index in [1.54, 1.807) is 54.6 Å². The number of para-hydroxylation sites is 2. The molecule has 2 N–H and O–H groups in total. The second-order valence-corrected chi connectivity index (χ2v) is 7.60. The van der Waals surface area contributed by atoms with Crippen molar-refractivity contribution in [2.45, 2.75) is 6.04 Å². The van der Waals surface area contributed by atoms with E-state index >= 15 is 0 Å². The molecule has 1 amide bonds. The summed E-state index contributed by atoms with van der Waals surface area (Å²) in [6.07, 6.45) is 0. The van der Waals surface area contributed by atoms with E-state index in [-0.39, 0.29) is 22.8 Å². The number of carbonyl (C=O) groups is 2. The lowest BCUT2D eigenvalue weighted by atomic mass is 9.99. The van der Waals surface area contributed by atoms with Crippen molar-refractivity contribution in [3.8, 4) is 5.75 Å². The van der Waals surface area contributed by atoms with Crippen molar-refractivity contribution in [3.63, 3.8) is 0 Å². The molecule has 1 atom stereocenters. The molecular formula is C21H14ClNO4S. The highest BCUT2D eigenvalue weighted by atomic mass is 35.5. The number of hydrogen-bond donors (Lipinski definition) is 2. The largest absolute Gasteiger partial charge is 0.507 e. The van der Waals surface area contributed by atoms with E-state index in [9.17, 15) is 19.8 Å². The number of phenols is 1. The number of thiophene rings is 1. The van der Waals surface area contributed by atoms with Gasteiger partial charge in [0, 0.05) is 15.5 Å². The van der Waals surface area contributed by atoms with Crippen molar-refractivity contribution in [1.82, 2.24) is 0 Å². The third-order valence-corrected chi connectivity index (χ3v) is 5.69. The number of anilines is 1. The minimum atomic E-state index is -0.844. The number of rotatable bonds is 3. The summed E-state index contributed by atoms with van der Waals surface area (Å²) in [5.74, 6) is -2.03. The molecule has 0 bridgehead atoms. The molecule has 4 rings (SSSR count). The Morgan fingerprint density at radius 1 is 1.00 bits per heavy atom. The second-order valence-electron chi connectivity index (χ2n) is 6.18. The third kappa shape index (κ3) is 2.96. The first-order valence-electron chi connectivity index (χ1n) is 8.37. The Hall–Kier alpha value is -3.09. The van der Waals surface area contributed by atoms with Gasteiger partial charge in [-0.05, 0) is 47.8 Å². The molecule has 7 heteroatoms. The fourth-order valence-corrected chi connectivity index (χ4v) is 4.18. The maximum absolute atomic E-state index is 12.9. The fourth-order valence-electron chi connectivity index (χ4n) is 3.23. The average molecular weight is 412 g/mol. The van der Waals surface area contributed by atoms with Gasteiger partial charge in [-0.25, -0.2) is 0 Å². The van der Waals surface area contributed by atoms with Gasteiger partial charge in [0.1, 0.15) is 17.6 Å². The Bertz CT molecular complexity index is 1090. The molecule has 0 spiro atoms. The van der Waals surface area contributed by atoms with Crippen LogP contribution in [0.15, 0.2) is 71.6 Å². The first-order chi connectivity index (χ1) is 13.5. The monoisotopic (exact) mass is 411 g/mol. The van der Waals surface area contributed by atoms with E-state index < -0.39 is 17.7 Å². The van der Waals surface area contributed by atoms with Gasteiger partial charge in [-0.2, -0.15) is 0 Å². The highest BCUT2D eigenvalue weighted by Crippen LogP contribution is 2.45. The molecule has 1 fully saturated rings. The van der Waals surface area contributed by atoms with Gasteiger partial charge < -0.3 is 10.2 Å². The molecule has 2 heterocycles. The molecule has 1 saturated heterocycles. The van der Waals surface area contributed by atoms with Crippen LogP contribution in [-0.4, -0.2) is 21.9 Å². The summed E-state index contributed by atoms with van der Waals surface area (Å²) in [7, 11) is 0. The summed E-state index contributed by atoms with van der Waals surface area (Å²) in [5.41, 5.74) is 0.553. The normalized spacial score (nSPS) is 18.6. The zero-order valence-corrected chi connectivity index (χ0v) is 15.9. The fraction of sp³-hybridized carbons (Fsp3) is 0.0476. The van der Waals surface area contributed by atoms with Gasteiger partial charge in [0.05, 0.1) is 11.3 Å². The first-order valence-corrected chi connectivity index (χ1v) is 9.63. The summed E-state index contributed by atoms with van der Waals surface area (Å²) in [4.78, 5) is 27.7. The van der Waals surface area contributed by atoms with Gasteiger partial charge in [-0.15, -0.1) is 11.3 Å². The summed E-state index contributed by atoms with van der Waals surface area (Å²) in [6, 6.07) is 15.4. The van der Waals surface area contributed by atoms with E-state index in [0.29, 0.717) is 15.5 Å². The number of phenolic OH excluding ortho intramolecular Hbond substituents is 1. The number of aliphatic hydroxyl groups is 1. The molecule has 0 aliphatic carbocycles. The number of carbonyl (C=O) groups excluding carboxylic acids is 2. The lowest BCUT2D eigenvalue weighted by Gasteiger charge is -2.24. The molecule has 2 aromatic carbocycles. The topological polar surface area (TPSA) is 77.8 Å². The standard InChI is InChI=1S/C21H14ClNO4S/c22-13-9-7-12(8-10-13)19(25)17-18(16-6-3-11-28-16)23(21(27)20(17)26)14-4-1-2-5-15(14)24/h1-11,18,24-25H/b19-17-. The summed E-state index contributed by atoms with van der Waals surface area (Å²) in [6.45, 7) is 0. The first kappa shape index (κ1) is 18.3. The van der Waals surface area contributed by atoms with Gasteiger partial charge in [-0.3, -0.25) is 14.5 Å². The zero-order valence-electron chi connectivity index (χ0n) is 14.4. The van der Waals surface area contributed by atoms with Crippen LogP contribution >= 0.6 is 22.9 Å². The second kappa shape index (κ2) is 7.14. The lowest BCUT2D eigenvalue weighted by Crippen LogP contribution is -2.29. The molecule has 1 aliphatic heterocycles. The van der Waals surface area contributed by atoms with E-state index in [1.807, 2.05) is 5.38 Å². The van der Waals surface area contributed by atoms with E-state index in [0.717, 1.165) is 0 Å². The number of ketones is 1. The van der Waals surface area contributed by atoms with Gasteiger partial charge in [0.15, 0.2) is 0 Å².